The van der Waals surface area contributed by atoms with Crippen LogP contribution in [0.5, 0.6) is 0 Å². The van der Waals surface area contributed by atoms with Gasteiger partial charge < -0.3 is 4.90 Å². The Morgan fingerprint density at radius 3 is 2.91 bits per heavy atom. The fourth-order valence-electron chi connectivity index (χ4n) is 2.73. The first-order valence-electron chi connectivity index (χ1n) is 7.33. The molecule has 1 aliphatic heterocycles. The number of nitrogens with zero attached hydrogens (tertiary/aromatic N) is 2. The van der Waals surface area contributed by atoms with Crippen LogP contribution in [-0.4, -0.2) is 17.4 Å². The topological polar surface area (TPSA) is 33.2 Å². The van der Waals surface area contributed by atoms with Crippen molar-refractivity contribution >= 4 is 11.6 Å². The zero-order valence-corrected chi connectivity index (χ0v) is 12.1. The molecule has 0 spiro atoms. The lowest BCUT2D eigenvalue weighted by atomic mass is 10.1. The van der Waals surface area contributed by atoms with E-state index in [0.717, 1.165) is 36.4 Å². The molecule has 0 fully saturated rings. The largest absolute Gasteiger partial charge is 0.311 e. The molecule has 0 aliphatic carbocycles. The van der Waals surface area contributed by atoms with Crippen LogP contribution in [-0.2, 0) is 17.6 Å². The number of benzene rings is 1. The van der Waals surface area contributed by atoms with Crippen LogP contribution in [0.4, 0.5) is 14.5 Å². The van der Waals surface area contributed by atoms with Gasteiger partial charge in [-0.3, -0.25) is 9.78 Å². The Hall–Kier alpha value is -2.30. The smallest absolute Gasteiger partial charge is 0.227 e. The SMILES string of the molecule is O=C(CCc1ccc(F)c(F)c1)N1CCCc2ncccc21. The quantitative estimate of drug-likeness (QED) is 0.872. The first-order chi connectivity index (χ1) is 10.6. The zero-order valence-electron chi connectivity index (χ0n) is 12.1. The van der Waals surface area contributed by atoms with E-state index in [1.165, 1.54) is 6.07 Å². The van der Waals surface area contributed by atoms with Crippen molar-refractivity contribution < 1.29 is 13.6 Å². The molecule has 1 amide bonds. The number of aromatic nitrogens is 1. The van der Waals surface area contributed by atoms with Crippen LogP contribution in [0.25, 0.3) is 0 Å². The van der Waals surface area contributed by atoms with E-state index >= 15 is 0 Å². The second-order valence-corrected chi connectivity index (χ2v) is 5.37. The van der Waals surface area contributed by atoms with Crippen LogP contribution in [0.1, 0.15) is 24.1 Å². The number of hydrogen-bond donors (Lipinski definition) is 0. The predicted octanol–water partition coefficient (Wildman–Crippen LogP) is 3.27. The van der Waals surface area contributed by atoms with Crippen molar-refractivity contribution in [3.8, 4) is 0 Å². The van der Waals surface area contributed by atoms with E-state index < -0.39 is 11.6 Å². The third-order valence-electron chi connectivity index (χ3n) is 3.86. The van der Waals surface area contributed by atoms with Crippen LogP contribution < -0.4 is 4.90 Å². The summed E-state index contributed by atoms with van der Waals surface area (Å²) < 4.78 is 26.1. The summed E-state index contributed by atoms with van der Waals surface area (Å²) in [4.78, 5) is 18.5. The number of rotatable bonds is 3. The van der Waals surface area contributed by atoms with Gasteiger partial charge in [0.05, 0.1) is 11.4 Å². The Labute approximate surface area is 127 Å². The summed E-state index contributed by atoms with van der Waals surface area (Å²) >= 11 is 0. The molecule has 3 rings (SSSR count). The van der Waals surface area contributed by atoms with Gasteiger partial charge in [0.25, 0.3) is 0 Å². The van der Waals surface area contributed by atoms with E-state index in [2.05, 4.69) is 4.98 Å². The third kappa shape index (κ3) is 2.98. The molecule has 2 heterocycles. The van der Waals surface area contributed by atoms with Gasteiger partial charge in [-0.05, 0) is 49.1 Å². The number of hydrogen-bond acceptors (Lipinski definition) is 2. The Kier molecular flexibility index (Phi) is 4.13. The Morgan fingerprint density at radius 2 is 2.09 bits per heavy atom. The average Bonchev–Trinajstić information content (AvgIpc) is 2.55. The van der Waals surface area contributed by atoms with Crippen LogP contribution in [0.2, 0.25) is 0 Å². The predicted molar refractivity (Wildman–Crippen MR) is 79.6 cm³/mol. The second-order valence-electron chi connectivity index (χ2n) is 5.37. The highest BCUT2D eigenvalue weighted by Crippen LogP contribution is 2.25. The molecule has 0 unspecified atom stereocenters. The van der Waals surface area contributed by atoms with E-state index in [1.54, 1.807) is 11.1 Å². The minimum absolute atomic E-state index is 0.0151. The number of aryl methyl sites for hydroxylation is 2. The maximum absolute atomic E-state index is 13.2. The second kappa shape index (κ2) is 6.22. The normalized spacial score (nSPS) is 13.8. The first-order valence-corrected chi connectivity index (χ1v) is 7.33. The van der Waals surface area contributed by atoms with Crippen molar-refractivity contribution in [2.75, 3.05) is 11.4 Å². The lowest BCUT2D eigenvalue weighted by Gasteiger charge is -2.28. The number of amides is 1. The van der Waals surface area contributed by atoms with Gasteiger partial charge in [0.2, 0.25) is 5.91 Å². The van der Waals surface area contributed by atoms with Gasteiger partial charge in [0, 0.05) is 19.2 Å². The van der Waals surface area contributed by atoms with Gasteiger partial charge in [-0.25, -0.2) is 8.78 Å². The molecule has 0 N–H and O–H groups in total. The molecule has 0 bridgehead atoms. The molecule has 5 heteroatoms. The highest BCUT2D eigenvalue weighted by atomic mass is 19.2. The molecule has 1 aliphatic rings. The first kappa shape index (κ1) is 14.6. The zero-order chi connectivity index (χ0) is 15.5. The van der Waals surface area contributed by atoms with E-state index in [1.807, 2.05) is 12.1 Å². The van der Waals surface area contributed by atoms with Gasteiger partial charge in [-0.2, -0.15) is 0 Å². The molecule has 114 valence electrons. The molecule has 22 heavy (non-hydrogen) atoms. The molecule has 0 saturated heterocycles. The lowest BCUT2D eigenvalue weighted by molar-refractivity contribution is -0.118. The molecular weight excluding hydrogens is 286 g/mol. The number of halogens is 2. The van der Waals surface area contributed by atoms with E-state index in [-0.39, 0.29) is 12.3 Å². The van der Waals surface area contributed by atoms with Crippen molar-refractivity contribution in [3.05, 3.63) is 59.4 Å². The van der Waals surface area contributed by atoms with Crippen LogP contribution in [0.15, 0.2) is 36.5 Å². The maximum atomic E-state index is 13.2. The molecule has 0 saturated carbocycles. The Morgan fingerprint density at radius 1 is 1.23 bits per heavy atom. The number of carbonyl (C=O) groups is 1. The summed E-state index contributed by atoms with van der Waals surface area (Å²) in [6.45, 7) is 0.676. The van der Waals surface area contributed by atoms with Crippen molar-refractivity contribution in [2.24, 2.45) is 0 Å². The summed E-state index contributed by atoms with van der Waals surface area (Å²) in [5.74, 6) is -1.76. The standard InChI is InChI=1S/C17H16F2N2O/c18-13-7-5-12(11-14(13)19)6-8-17(22)21-10-2-3-15-16(21)4-1-9-20-15/h1,4-5,7,9,11H,2-3,6,8,10H2. The minimum atomic E-state index is -0.877. The molecular formula is C17H16F2N2O. The van der Waals surface area contributed by atoms with Gasteiger partial charge in [-0.1, -0.05) is 6.07 Å². The fourth-order valence-corrected chi connectivity index (χ4v) is 2.73. The summed E-state index contributed by atoms with van der Waals surface area (Å²) in [7, 11) is 0. The van der Waals surface area contributed by atoms with Gasteiger partial charge >= 0.3 is 0 Å². The summed E-state index contributed by atoms with van der Waals surface area (Å²) in [6.07, 6.45) is 4.15. The molecule has 1 aromatic carbocycles. The van der Waals surface area contributed by atoms with E-state index in [9.17, 15) is 13.6 Å². The van der Waals surface area contributed by atoms with Crippen LogP contribution in [0, 0.1) is 11.6 Å². The minimum Gasteiger partial charge on any atom is -0.311 e. The maximum Gasteiger partial charge on any atom is 0.227 e. The molecule has 1 aromatic heterocycles. The number of carbonyl (C=O) groups excluding carboxylic acids is 1. The molecule has 0 radical (unpaired) electrons. The summed E-state index contributed by atoms with van der Waals surface area (Å²) in [5, 5.41) is 0. The highest BCUT2D eigenvalue weighted by molar-refractivity contribution is 5.94. The van der Waals surface area contributed by atoms with Gasteiger partial charge in [-0.15, -0.1) is 0 Å². The monoisotopic (exact) mass is 302 g/mol. The molecule has 2 aromatic rings. The fraction of sp³-hybridized carbons (Fsp3) is 0.294. The number of pyridine rings is 1. The number of fused-ring (bicyclic) bond motifs is 1. The Balaban J connectivity index is 1.69. The van der Waals surface area contributed by atoms with Crippen molar-refractivity contribution in [2.45, 2.75) is 25.7 Å². The van der Waals surface area contributed by atoms with Gasteiger partial charge in [0.15, 0.2) is 11.6 Å². The van der Waals surface area contributed by atoms with Crippen LogP contribution >= 0.6 is 0 Å². The number of anilines is 1. The van der Waals surface area contributed by atoms with Crippen molar-refractivity contribution in [3.63, 3.8) is 0 Å². The summed E-state index contributed by atoms with van der Waals surface area (Å²) in [5.41, 5.74) is 2.43. The van der Waals surface area contributed by atoms with E-state index in [4.69, 9.17) is 0 Å². The molecule has 3 nitrogen and oxygen atoms in total. The molecule has 0 atom stereocenters. The average molecular weight is 302 g/mol. The summed E-state index contributed by atoms with van der Waals surface area (Å²) in [6, 6.07) is 7.47. The lowest BCUT2D eigenvalue weighted by Crippen LogP contribution is -2.35. The van der Waals surface area contributed by atoms with Crippen molar-refractivity contribution in [1.82, 2.24) is 4.98 Å². The third-order valence-corrected chi connectivity index (χ3v) is 3.86. The van der Waals surface area contributed by atoms with Crippen LogP contribution in [0.3, 0.4) is 0 Å². The van der Waals surface area contributed by atoms with Gasteiger partial charge in [0.1, 0.15) is 0 Å². The van der Waals surface area contributed by atoms with Crippen molar-refractivity contribution in [1.29, 1.82) is 0 Å². The highest BCUT2D eigenvalue weighted by Gasteiger charge is 2.22. The Bertz CT molecular complexity index is 703. The van der Waals surface area contributed by atoms with E-state index in [0.29, 0.717) is 18.5 Å².